The largest absolute Gasteiger partial charge is 0.370 e. The Morgan fingerprint density at radius 3 is 2.58 bits per heavy atom. The third kappa shape index (κ3) is 3.71. The van der Waals surface area contributed by atoms with Crippen LogP contribution in [0.15, 0.2) is 18.2 Å². The van der Waals surface area contributed by atoms with Crippen LogP contribution in [0, 0.1) is 17.6 Å². The molecule has 0 spiro atoms. The molecule has 1 saturated carbocycles. The molecule has 0 radical (unpaired) electrons. The van der Waals surface area contributed by atoms with E-state index in [0.717, 1.165) is 12.1 Å². The van der Waals surface area contributed by atoms with E-state index in [0.29, 0.717) is 6.54 Å². The molecule has 24 heavy (non-hydrogen) atoms. The molecule has 1 aliphatic carbocycles. The van der Waals surface area contributed by atoms with Gasteiger partial charge in [-0.2, -0.15) is 0 Å². The Kier molecular flexibility index (Phi) is 4.80. The SMILES string of the molecule is O=C(C1CCC(F)(F)CC1)N1CCOC(c2ccc(F)cc2F)C1. The van der Waals surface area contributed by atoms with Gasteiger partial charge in [-0.3, -0.25) is 4.79 Å². The molecule has 7 heteroatoms. The predicted molar refractivity (Wildman–Crippen MR) is 78.5 cm³/mol. The van der Waals surface area contributed by atoms with Gasteiger partial charge in [-0.15, -0.1) is 0 Å². The third-order valence-corrected chi connectivity index (χ3v) is 4.75. The molecule has 1 saturated heterocycles. The number of carbonyl (C=O) groups excluding carboxylic acids is 1. The number of amides is 1. The topological polar surface area (TPSA) is 29.5 Å². The maximum Gasteiger partial charge on any atom is 0.248 e. The number of benzene rings is 1. The Labute approximate surface area is 137 Å². The van der Waals surface area contributed by atoms with Gasteiger partial charge in [0.15, 0.2) is 0 Å². The predicted octanol–water partition coefficient (Wildman–Crippen LogP) is 3.69. The fraction of sp³-hybridized carbons (Fsp3) is 0.588. The van der Waals surface area contributed by atoms with Gasteiger partial charge in [-0.25, -0.2) is 17.6 Å². The van der Waals surface area contributed by atoms with Crippen LogP contribution in [0.1, 0.15) is 37.4 Å². The van der Waals surface area contributed by atoms with Crippen LogP contribution < -0.4 is 0 Å². The van der Waals surface area contributed by atoms with Crippen LogP contribution in [0.2, 0.25) is 0 Å². The summed E-state index contributed by atoms with van der Waals surface area (Å²) in [7, 11) is 0. The molecule has 1 unspecified atom stereocenters. The minimum Gasteiger partial charge on any atom is -0.370 e. The van der Waals surface area contributed by atoms with Gasteiger partial charge in [0.25, 0.3) is 0 Å². The summed E-state index contributed by atoms with van der Waals surface area (Å²) in [5.41, 5.74) is 0.198. The van der Waals surface area contributed by atoms with Crippen LogP contribution in [0.3, 0.4) is 0 Å². The average Bonchev–Trinajstić information content (AvgIpc) is 2.54. The number of carbonyl (C=O) groups is 1. The van der Waals surface area contributed by atoms with Gasteiger partial charge >= 0.3 is 0 Å². The van der Waals surface area contributed by atoms with Crippen molar-refractivity contribution < 1.29 is 27.1 Å². The van der Waals surface area contributed by atoms with Gasteiger partial charge in [0, 0.05) is 36.9 Å². The first kappa shape index (κ1) is 17.2. The van der Waals surface area contributed by atoms with Gasteiger partial charge in [0.05, 0.1) is 13.2 Å². The molecule has 1 aromatic carbocycles. The van der Waals surface area contributed by atoms with Crippen LogP contribution in [0.4, 0.5) is 17.6 Å². The summed E-state index contributed by atoms with van der Waals surface area (Å²) in [6.07, 6.45) is -0.890. The van der Waals surface area contributed by atoms with Crippen molar-refractivity contribution >= 4 is 5.91 Å². The number of morpholine rings is 1. The summed E-state index contributed by atoms with van der Waals surface area (Å²) in [5.74, 6) is -4.67. The normalized spacial score (nSPS) is 24.8. The monoisotopic (exact) mass is 345 g/mol. The Morgan fingerprint density at radius 1 is 1.21 bits per heavy atom. The first-order valence-corrected chi connectivity index (χ1v) is 8.09. The minimum absolute atomic E-state index is 0.147. The van der Waals surface area contributed by atoms with Gasteiger partial charge in [-0.05, 0) is 18.9 Å². The van der Waals surface area contributed by atoms with Crippen LogP contribution >= 0.6 is 0 Å². The highest BCUT2D eigenvalue weighted by Crippen LogP contribution is 2.37. The molecule has 2 aliphatic rings. The highest BCUT2D eigenvalue weighted by molar-refractivity contribution is 5.79. The van der Waals surface area contributed by atoms with E-state index in [-0.39, 0.29) is 50.3 Å². The molecule has 1 amide bonds. The summed E-state index contributed by atoms with van der Waals surface area (Å²) in [6.45, 7) is 0.732. The van der Waals surface area contributed by atoms with Crippen LogP contribution in [-0.2, 0) is 9.53 Å². The number of hydrogen-bond donors (Lipinski definition) is 0. The Morgan fingerprint density at radius 2 is 1.92 bits per heavy atom. The number of ether oxygens (including phenoxy) is 1. The lowest BCUT2D eigenvalue weighted by atomic mass is 9.85. The summed E-state index contributed by atoms with van der Waals surface area (Å²) in [5, 5.41) is 0. The smallest absolute Gasteiger partial charge is 0.248 e. The number of halogens is 4. The quantitative estimate of drug-likeness (QED) is 0.765. The third-order valence-electron chi connectivity index (χ3n) is 4.75. The van der Waals surface area contributed by atoms with Crippen LogP contribution in [0.25, 0.3) is 0 Å². The van der Waals surface area contributed by atoms with Gasteiger partial charge in [0.2, 0.25) is 11.8 Å². The van der Waals surface area contributed by atoms with E-state index in [4.69, 9.17) is 4.74 Å². The van der Waals surface area contributed by atoms with E-state index in [1.54, 1.807) is 4.90 Å². The summed E-state index contributed by atoms with van der Waals surface area (Å²) in [6, 6.07) is 3.24. The fourth-order valence-corrected chi connectivity index (χ4v) is 3.35. The molecule has 132 valence electrons. The van der Waals surface area contributed by atoms with E-state index < -0.39 is 29.6 Å². The van der Waals surface area contributed by atoms with Crippen LogP contribution in [0.5, 0.6) is 0 Å². The maximum atomic E-state index is 13.9. The highest BCUT2D eigenvalue weighted by Gasteiger charge is 2.39. The van der Waals surface area contributed by atoms with Crippen molar-refractivity contribution in [2.24, 2.45) is 5.92 Å². The molecule has 1 heterocycles. The zero-order valence-electron chi connectivity index (χ0n) is 13.1. The highest BCUT2D eigenvalue weighted by atomic mass is 19.3. The first-order valence-electron chi connectivity index (χ1n) is 8.09. The fourth-order valence-electron chi connectivity index (χ4n) is 3.35. The van der Waals surface area contributed by atoms with Crippen LogP contribution in [-0.4, -0.2) is 36.4 Å². The molecule has 1 atom stereocenters. The van der Waals surface area contributed by atoms with E-state index in [9.17, 15) is 22.4 Å². The van der Waals surface area contributed by atoms with Crippen molar-refractivity contribution in [3.63, 3.8) is 0 Å². The zero-order chi connectivity index (χ0) is 17.3. The number of rotatable bonds is 2. The molecule has 3 rings (SSSR count). The molecule has 0 bridgehead atoms. The minimum atomic E-state index is -2.68. The van der Waals surface area contributed by atoms with E-state index in [1.165, 1.54) is 6.07 Å². The molecular formula is C17H19F4NO2. The molecular weight excluding hydrogens is 326 g/mol. The number of hydrogen-bond acceptors (Lipinski definition) is 2. The molecule has 1 aromatic rings. The van der Waals surface area contributed by atoms with Gasteiger partial charge in [0.1, 0.15) is 17.7 Å². The molecule has 0 N–H and O–H groups in total. The lowest BCUT2D eigenvalue weighted by Crippen LogP contribution is -2.46. The lowest BCUT2D eigenvalue weighted by molar-refractivity contribution is -0.147. The zero-order valence-corrected chi connectivity index (χ0v) is 13.1. The lowest BCUT2D eigenvalue weighted by Gasteiger charge is -2.37. The van der Waals surface area contributed by atoms with Crippen molar-refractivity contribution in [1.29, 1.82) is 0 Å². The molecule has 0 aromatic heterocycles. The molecule has 3 nitrogen and oxygen atoms in total. The Bertz CT molecular complexity index is 613. The molecule has 2 fully saturated rings. The standard InChI is InChI=1S/C17H19F4NO2/c18-12-1-2-13(14(19)9-12)15-10-22(7-8-24-15)16(23)11-3-5-17(20,21)6-4-11/h1-2,9,11,15H,3-8,10H2. The second-order valence-corrected chi connectivity index (χ2v) is 6.44. The molecule has 1 aliphatic heterocycles. The number of nitrogens with zero attached hydrogens (tertiary/aromatic N) is 1. The number of alkyl halides is 2. The van der Waals surface area contributed by atoms with Gasteiger partial charge in [-0.1, -0.05) is 6.07 Å². The van der Waals surface area contributed by atoms with Crippen molar-refractivity contribution in [1.82, 2.24) is 4.90 Å². The van der Waals surface area contributed by atoms with Gasteiger partial charge < -0.3 is 9.64 Å². The Hall–Kier alpha value is -1.63. The first-order chi connectivity index (χ1) is 11.4. The average molecular weight is 345 g/mol. The summed E-state index contributed by atoms with van der Waals surface area (Å²) < 4.78 is 58.9. The Balaban J connectivity index is 1.66. The summed E-state index contributed by atoms with van der Waals surface area (Å²) >= 11 is 0. The second kappa shape index (κ2) is 6.70. The van der Waals surface area contributed by atoms with E-state index in [2.05, 4.69) is 0 Å². The maximum absolute atomic E-state index is 13.9. The van der Waals surface area contributed by atoms with E-state index >= 15 is 0 Å². The van der Waals surface area contributed by atoms with Crippen molar-refractivity contribution in [3.05, 3.63) is 35.4 Å². The summed E-state index contributed by atoms with van der Waals surface area (Å²) in [4.78, 5) is 14.1. The van der Waals surface area contributed by atoms with Crippen molar-refractivity contribution in [2.45, 2.75) is 37.7 Å². The van der Waals surface area contributed by atoms with Crippen molar-refractivity contribution in [2.75, 3.05) is 19.7 Å². The van der Waals surface area contributed by atoms with E-state index in [1.807, 2.05) is 0 Å². The second-order valence-electron chi connectivity index (χ2n) is 6.44. The van der Waals surface area contributed by atoms with Crippen molar-refractivity contribution in [3.8, 4) is 0 Å².